The van der Waals surface area contributed by atoms with Gasteiger partial charge in [-0.05, 0) is 30.6 Å². The van der Waals surface area contributed by atoms with Crippen molar-refractivity contribution >= 4 is 55.4 Å². The Kier molecular flexibility index (Phi) is 6.41. The maximum absolute atomic E-state index is 13.3. The zero-order valence-electron chi connectivity index (χ0n) is 17.4. The van der Waals surface area contributed by atoms with Crippen LogP contribution in [0.5, 0.6) is 0 Å². The summed E-state index contributed by atoms with van der Waals surface area (Å²) in [5, 5.41) is 0. The number of nitrogens with zero attached hydrogens (tertiary/aromatic N) is 1. The molecular weight excluding hydrogens is 530 g/mol. The number of halogens is 2. The second-order valence-corrected chi connectivity index (χ2v) is 11.2. The molecule has 0 radical (unpaired) electrons. The number of fused-ring (bicyclic) bond motifs is 5. The number of hydrogen-bond donors (Lipinski definition) is 0. The molecule has 7 atom stereocenters. The van der Waals surface area contributed by atoms with E-state index < -0.39 is 18.6 Å². The highest BCUT2D eigenvalue weighted by Gasteiger charge is 2.67. The van der Waals surface area contributed by atoms with Crippen molar-refractivity contribution in [2.75, 3.05) is 6.61 Å². The molecule has 0 N–H and O–H groups in total. The van der Waals surface area contributed by atoms with Gasteiger partial charge in [0.25, 0.3) is 0 Å². The second-order valence-electron chi connectivity index (χ2n) is 9.09. The average Bonchev–Trinajstić information content (AvgIpc) is 3.35. The van der Waals surface area contributed by atoms with Crippen molar-refractivity contribution in [2.45, 2.75) is 42.4 Å². The molecule has 6 nitrogen and oxygen atoms in total. The molecule has 31 heavy (non-hydrogen) atoms. The van der Waals surface area contributed by atoms with E-state index in [2.05, 4.69) is 31.9 Å². The fourth-order valence-corrected chi connectivity index (χ4v) is 7.25. The quantitative estimate of drug-likeness (QED) is 0.223. The lowest BCUT2D eigenvalue weighted by Crippen LogP contribution is -2.48. The summed E-state index contributed by atoms with van der Waals surface area (Å²) in [4.78, 5) is 53.4. The van der Waals surface area contributed by atoms with E-state index in [1.165, 1.54) is 0 Å². The van der Waals surface area contributed by atoms with Gasteiger partial charge in [-0.15, -0.1) is 0 Å². The Bertz CT molecular complexity index is 872. The highest BCUT2D eigenvalue weighted by atomic mass is 79.9. The number of amides is 2. The fraction of sp³-hybridized carbons (Fsp3) is 0.565. The van der Waals surface area contributed by atoms with Gasteiger partial charge in [0.15, 0.2) is 12.4 Å². The van der Waals surface area contributed by atoms with E-state index in [1.54, 1.807) is 30.3 Å². The summed E-state index contributed by atoms with van der Waals surface area (Å²) in [7, 11) is 0. The van der Waals surface area contributed by atoms with E-state index >= 15 is 0 Å². The van der Waals surface area contributed by atoms with Crippen molar-refractivity contribution in [3.8, 4) is 0 Å². The van der Waals surface area contributed by atoms with Gasteiger partial charge in [0.1, 0.15) is 6.04 Å². The molecule has 1 heterocycles. The third-order valence-electron chi connectivity index (χ3n) is 6.74. The van der Waals surface area contributed by atoms with Crippen LogP contribution in [0.2, 0.25) is 0 Å². The Balaban J connectivity index is 1.51. The lowest BCUT2D eigenvalue weighted by atomic mass is 9.81. The van der Waals surface area contributed by atoms with Crippen LogP contribution < -0.4 is 0 Å². The number of carbonyl (C=O) groups is 4. The zero-order valence-corrected chi connectivity index (χ0v) is 20.5. The largest absolute Gasteiger partial charge is 0.456 e. The summed E-state index contributed by atoms with van der Waals surface area (Å²) in [6.45, 7) is 3.43. The third kappa shape index (κ3) is 3.90. The van der Waals surface area contributed by atoms with Crippen molar-refractivity contribution < 1.29 is 23.9 Å². The molecular formula is C23H25Br2NO5. The van der Waals surface area contributed by atoms with Gasteiger partial charge in [-0.25, -0.2) is 4.79 Å². The van der Waals surface area contributed by atoms with Crippen molar-refractivity contribution in [1.82, 2.24) is 4.90 Å². The first kappa shape index (κ1) is 22.6. The standard InChI is InChI=1S/C23H25Br2NO5/c1-11(2)8-15(23(30)31-10-16(27)12-6-4-3-5-7-12)26-21(28)17-13-9-14(18(17)22(26)29)20(25)19(13)24/h3-7,11,13-15,17-20H,8-10H2,1-2H3/t13-,14-,15-,17-,18+,19-,20+/m1/s1. The molecule has 3 fully saturated rings. The highest BCUT2D eigenvalue weighted by molar-refractivity contribution is 9.12. The van der Waals surface area contributed by atoms with Gasteiger partial charge in [-0.1, -0.05) is 76.0 Å². The molecule has 1 aliphatic heterocycles. The maximum Gasteiger partial charge on any atom is 0.329 e. The molecule has 0 aromatic heterocycles. The van der Waals surface area contributed by atoms with E-state index in [0.717, 1.165) is 11.3 Å². The minimum Gasteiger partial charge on any atom is -0.456 e. The van der Waals surface area contributed by atoms with Crippen LogP contribution in [0.15, 0.2) is 30.3 Å². The summed E-state index contributed by atoms with van der Waals surface area (Å²) in [6.07, 6.45) is 1.14. The van der Waals surface area contributed by atoms with Crippen molar-refractivity contribution in [1.29, 1.82) is 0 Å². The topological polar surface area (TPSA) is 80.8 Å². The minimum atomic E-state index is -1.00. The molecule has 2 amide bonds. The molecule has 2 bridgehead atoms. The monoisotopic (exact) mass is 553 g/mol. The first-order valence-corrected chi connectivity index (χ1v) is 12.5. The SMILES string of the molecule is CC(C)C[C@H](C(=O)OCC(=O)c1ccccc1)N1C(=O)[C@@H]2[C@H]3C[C@@H]([C@H](Br)[C@@H]3Br)[C@@H]2C1=O. The molecule has 1 aromatic rings. The summed E-state index contributed by atoms with van der Waals surface area (Å²) in [5.74, 6) is -2.12. The summed E-state index contributed by atoms with van der Waals surface area (Å²) >= 11 is 7.35. The molecule has 2 saturated carbocycles. The van der Waals surface area contributed by atoms with E-state index in [-0.39, 0.29) is 56.8 Å². The van der Waals surface area contributed by atoms with Crippen LogP contribution in [0.1, 0.15) is 37.0 Å². The van der Waals surface area contributed by atoms with Crippen LogP contribution in [0.25, 0.3) is 0 Å². The van der Waals surface area contributed by atoms with Crippen LogP contribution in [0.3, 0.4) is 0 Å². The number of esters is 1. The van der Waals surface area contributed by atoms with E-state index in [0.29, 0.717) is 12.0 Å². The number of benzene rings is 1. The number of carbonyl (C=O) groups excluding carboxylic acids is 4. The molecule has 0 unspecified atom stereocenters. The first-order chi connectivity index (χ1) is 14.7. The first-order valence-electron chi connectivity index (χ1n) is 10.6. The Morgan fingerprint density at radius 3 is 2.10 bits per heavy atom. The zero-order chi connectivity index (χ0) is 22.4. The van der Waals surface area contributed by atoms with Crippen LogP contribution in [0, 0.1) is 29.6 Å². The van der Waals surface area contributed by atoms with Gasteiger partial charge in [0, 0.05) is 15.2 Å². The normalized spacial score (nSPS) is 32.5. The summed E-state index contributed by atoms with van der Waals surface area (Å²) < 4.78 is 5.31. The molecule has 3 aliphatic rings. The van der Waals surface area contributed by atoms with E-state index in [4.69, 9.17) is 4.74 Å². The highest BCUT2D eigenvalue weighted by Crippen LogP contribution is 2.60. The molecule has 8 heteroatoms. The van der Waals surface area contributed by atoms with Crippen LogP contribution in [0.4, 0.5) is 0 Å². The lowest BCUT2D eigenvalue weighted by molar-refractivity contribution is -0.159. The third-order valence-corrected chi connectivity index (χ3v) is 9.95. The predicted molar refractivity (Wildman–Crippen MR) is 121 cm³/mol. The number of rotatable bonds is 7. The number of likely N-dealkylation sites (tertiary alicyclic amines) is 1. The maximum atomic E-state index is 13.3. The van der Waals surface area contributed by atoms with Gasteiger partial charge < -0.3 is 4.74 Å². The lowest BCUT2D eigenvalue weighted by Gasteiger charge is -2.28. The number of ether oxygens (including phenoxy) is 1. The van der Waals surface area contributed by atoms with Gasteiger partial charge in [-0.3, -0.25) is 19.3 Å². The number of ketones is 1. The second kappa shape index (κ2) is 8.77. The van der Waals surface area contributed by atoms with E-state index in [1.807, 2.05) is 13.8 Å². The Morgan fingerprint density at radius 2 is 1.58 bits per heavy atom. The van der Waals surface area contributed by atoms with Gasteiger partial charge >= 0.3 is 5.97 Å². The van der Waals surface area contributed by atoms with Crippen molar-refractivity contribution in [3.05, 3.63) is 35.9 Å². The van der Waals surface area contributed by atoms with Crippen molar-refractivity contribution in [3.63, 3.8) is 0 Å². The summed E-state index contributed by atoms with van der Waals surface area (Å²) in [5.41, 5.74) is 0.446. The van der Waals surface area contributed by atoms with Gasteiger partial charge in [0.05, 0.1) is 11.8 Å². The van der Waals surface area contributed by atoms with Gasteiger partial charge in [-0.2, -0.15) is 0 Å². The Morgan fingerprint density at radius 1 is 1.03 bits per heavy atom. The molecule has 1 saturated heterocycles. The van der Waals surface area contributed by atoms with Crippen LogP contribution in [-0.4, -0.2) is 50.8 Å². The number of alkyl halides is 2. The van der Waals surface area contributed by atoms with E-state index in [9.17, 15) is 19.2 Å². The number of imide groups is 1. The smallest absolute Gasteiger partial charge is 0.329 e. The molecule has 0 spiro atoms. The molecule has 166 valence electrons. The summed E-state index contributed by atoms with van der Waals surface area (Å²) in [6, 6.07) is 7.57. The van der Waals surface area contributed by atoms with Crippen LogP contribution in [-0.2, 0) is 19.1 Å². The predicted octanol–water partition coefficient (Wildman–Crippen LogP) is 3.61. The molecule has 1 aromatic carbocycles. The number of Topliss-reactive ketones (excluding diaryl/α,β-unsaturated/α-hetero) is 1. The average molecular weight is 555 g/mol. The minimum absolute atomic E-state index is 0.0629. The van der Waals surface area contributed by atoms with Crippen LogP contribution >= 0.6 is 31.9 Å². The molecule has 4 rings (SSSR count). The molecule has 2 aliphatic carbocycles. The number of hydrogen-bond acceptors (Lipinski definition) is 5. The van der Waals surface area contributed by atoms with Gasteiger partial charge in [0.2, 0.25) is 11.8 Å². The fourth-order valence-electron chi connectivity index (χ4n) is 5.37. The Labute approximate surface area is 198 Å². The Hall–Kier alpha value is -1.54. The van der Waals surface area contributed by atoms with Crippen molar-refractivity contribution in [2.24, 2.45) is 29.6 Å².